The highest BCUT2D eigenvalue weighted by Gasteiger charge is 2.13. The summed E-state index contributed by atoms with van der Waals surface area (Å²) in [7, 11) is 0. The average molecular weight is 532 g/mol. The number of amides is 1. The number of ether oxygens (including phenoxy) is 1. The van der Waals surface area contributed by atoms with E-state index in [0.29, 0.717) is 16.3 Å². The van der Waals surface area contributed by atoms with Gasteiger partial charge in [-0.2, -0.15) is 5.10 Å². The van der Waals surface area contributed by atoms with Gasteiger partial charge in [0.25, 0.3) is 5.91 Å². The lowest BCUT2D eigenvalue weighted by Gasteiger charge is -2.25. The van der Waals surface area contributed by atoms with Crippen molar-refractivity contribution in [3.05, 3.63) is 155 Å². The number of benzene rings is 5. The first-order chi connectivity index (χ1) is 19.2. The van der Waals surface area contributed by atoms with E-state index in [4.69, 9.17) is 16.3 Å². The van der Waals surface area contributed by atoms with Gasteiger partial charge < -0.3 is 9.64 Å². The molecule has 0 bridgehead atoms. The minimum absolute atomic E-state index is 0.253. The van der Waals surface area contributed by atoms with E-state index in [9.17, 15) is 4.79 Å². The molecule has 5 rings (SSSR count). The van der Waals surface area contributed by atoms with Gasteiger partial charge in [-0.3, -0.25) is 4.79 Å². The molecule has 192 valence electrons. The van der Waals surface area contributed by atoms with Crippen molar-refractivity contribution in [1.29, 1.82) is 0 Å². The van der Waals surface area contributed by atoms with Crippen LogP contribution in [0.5, 0.6) is 5.75 Å². The maximum atomic E-state index is 12.9. The summed E-state index contributed by atoms with van der Waals surface area (Å²) >= 11 is 6.23. The molecule has 5 aromatic rings. The summed E-state index contributed by atoms with van der Waals surface area (Å²) in [6.45, 7) is 0.253. The Labute approximate surface area is 233 Å². The SMILES string of the molecule is O=C(N/N=C\c1ccc(N(c2ccccc2)c2ccccc2)cc1)c1ccccc1OCc1ccccc1Cl. The van der Waals surface area contributed by atoms with E-state index in [1.807, 2.05) is 84.9 Å². The molecule has 0 aliphatic heterocycles. The Kier molecular flexibility index (Phi) is 8.31. The lowest BCUT2D eigenvalue weighted by atomic mass is 10.1. The highest BCUT2D eigenvalue weighted by Crippen LogP contribution is 2.34. The summed E-state index contributed by atoms with van der Waals surface area (Å²) in [5.41, 5.74) is 7.82. The van der Waals surface area contributed by atoms with Crippen LogP contribution >= 0.6 is 11.6 Å². The first-order valence-electron chi connectivity index (χ1n) is 12.5. The molecule has 1 amide bonds. The van der Waals surface area contributed by atoms with Crippen LogP contribution in [0.25, 0.3) is 0 Å². The zero-order valence-corrected chi connectivity index (χ0v) is 21.8. The lowest BCUT2D eigenvalue weighted by molar-refractivity contribution is 0.0950. The Morgan fingerprint density at radius 2 is 1.28 bits per heavy atom. The summed E-state index contributed by atoms with van der Waals surface area (Å²) < 4.78 is 5.90. The Morgan fingerprint density at radius 3 is 1.95 bits per heavy atom. The number of hydrazone groups is 1. The minimum atomic E-state index is -0.364. The third-order valence-electron chi connectivity index (χ3n) is 6.03. The topological polar surface area (TPSA) is 53.9 Å². The van der Waals surface area contributed by atoms with Crippen LogP contribution in [0.4, 0.5) is 17.1 Å². The number of rotatable bonds is 9. The molecule has 0 atom stereocenters. The van der Waals surface area contributed by atoms with Gasteiger partial charge in [0.15, 0.2) is 0 Å². The minimum Gasteiger partial charge on any atom is -0.488 e. The molecule has 1 N–H and O–H groups in total. The average Bonchev–Trinajstić information content (AvgIpc) is 2.99. The van der Waals surface area contributed by atoms with Crippen molar-refractivity contribution in [2.45, 2.75) is 6.61 Å². The van der Waals surface area contributed by atoms with Crippen LogP contribution in [0.1, 0.15) is 21.5 Å². The van der Waals surface area contributed by atoms with Crippen LogP contribution in [-0.4, -0.2) is 12.1 Å². The number of nitrogens with zero attached hydrogens (tertiary/aromatic N) is 2. The van der Waals surface area contributed by atoms with E-state index in [1.54, 1.807) is 30.5 Å². The molecule has 0 fully saturated rings. The highest BCUT2D eigenvalue weighted by molar-refractivity contribution is 6.31. The first-order valence-corrected chi connectivity index (χ1v) is 12.9. The Balaban J connectivity index is 1.26. The monoisotopic (exact) mass is 531 g/mol. The predicted octanol–water partition coefficient (Wildman–Crippen LogP) is 8.15. The van der Waals surface area contributed by atoms with Crippen molar-refractivity contribution < 1.29 is 9.53 Å². The normalized spacial score (nSPS) is 10.8. The summed E-state index contributed by atoms with van der Waals surface area (Å²) in [4.78, 5) is 15.0. The number of nitrogens with one attached hydrogen (secondary N) is 1. The lowest BCUT2D eigenvalue weighted by Crippen LogP contribution is -2.18. The predicted molar refractivity (Wildman–Crippen MR) is 158 cm³/mol. The molecule has 0 radical (unpaired) electrons. The molecular weight excluding hydrogens is 506 g/mol. The van der Waals surface area contributed by atoms with Gasteiger partial charge in [-0.05, 0) is 60.2 Å². The molecule has 0 saturated heterocycles. The second-order valence-electron chi connectivity index (χ2n) is 8.67. The van der Waals surface area contributed by atoms with Gasteiger partial charge >= 0.3 is 0 Å². The maximum Gasteiger partial charge on any atom is 0.275 e. The van der Waals surface area contributed by atoms with Crippen LogP contribution in [0, 0.1) is 0 Å². The molecule has 0 aromatic heterocycles. The van der Waals surface area contributed by atoms with Gasteiger partial charge in [0.2, 0.25) is 0 Å². The van der Waals surface area contributed by atoms with Crippen molar-refractivity contribution in [2.24, 2.45) is 5.10 Å². The molecule has 0 aliphatic rings. The van der Waals surface area contributed by atoms with E-state index >= 15 is 0 Å². The molecule has 0 saturated carbocycles. The third kappa shape index (κ3) is 6.53. The van der Waals surface area contributed by atoms with E-state index in [2.05, 4.69) is 39.7 Å². The first kappa shape index (κ1) is 25.8. The largest absolute Gasteiger partial charge is 0.488 e. The number of hydrogen-bond donors (Lipinski definition) is 1. The van der Waals surface area contributed by atoms with E-state index in [0.717, 1.165) is 28.2 Å². The quantitative estimate of drug-likeness (QED) is 0.154. The van der Waals surface area contributed by atoms with Crippen LogP contribution in [0.3, 0.4) is 0 Å². The van der Waals surface area contributed by atoms with Crippen molar-refractivity contribution in [3.63, 3.8) is 0 Å². The van der Waals surface area contributed by atoms with Crippen LogP contribution in [-0.2, 0) is 6.61 Å². The second-order valence-corrected chi connectivity index (χ2v) is 9.08. The Hall–Kier alpha value is -4.87. The number of carbonyl (C=O) groups excluding carboxylic acids is 1. The van der Waals surface area contributed by atoms with Crippen molar-refractivity contribution >= 4 is 40.8 Å². The van der Waals surface area contributed by atoms with Gasteiger partial charge in [-0.25, -0.2) is 5.43 Å². The molecule has 39 heavy (non-hydrogen) atoms. The molecule has 0 spiro atoms. The maximum absolute atomic E-state index is 12.9. The molecule has 0 aliphatic carbocycles. The highest BCUT2D eigenvalue weighted by atomic mass is 35.5. The number of hydrogen-bond acceptors (Lipinski definition) is 4. The fourth-order valence-corrected chi connectivity index (χ4v) is 4.28. The molecule has 5 aromatic carbocycles. The Bertz CT molecular complexity index is 1520. The van der Waals surface area contributed by atoms with Gasteiger partial charge in [-0.1, -0.05) is 90.5 Å². The zero-order valence-electron chi connectivity index (χ0n) is 21.1. The molecule has 6 heteroatoms. The van der Waals surface area contributed by atoms with Crippen LogP contribution < -0.4 is 15.1 Å². The van der Waals surface area contributed by atoms with Gasteiger partial charge in [0, 0.05) is 27.6 Å². The summed E-state index contributed by atoms with van der Waals surface area (Å²) in [5.74, 6) is 0.0911. The van der Waals surface area contributed by atoms with Crippen LogP contribution in [0.2, 0.25) is 5.02 Å². The summed E-state index contributed by atoms with van der Waals surface area (Å²) in [5, 5.41) is 4.78. The number of halogens is 1. The third-order valence-corrected chi connectivity index (χ3v) is 6.40. The number of carbonyl (C=O) groups is 1. The molecule has 0 heterocycles. The van der Waals surface area contributed by atoms with Crippen molar-refractivity contribution in [2.75, 3.05) is 4.90 Å². The Morgan fingerprint density at radius 1 is 0.718 bits per heavy atom. The smallest absolute Gasteiger partial charge is 0.275 e. The number of anilines is 3. The van der Waals surface area contributed by atoms with E-state index in [1.165, 1.54) is 0 Å². The van der Waals surface area contributed by atoms with Gasteiger partial charge in [0.1, 0.15) is 12.4 Å². The summed E-state index contributed by atoms with van der Waals surface area (Å²) in [6, 6.07) is 42.9. The van der Waals surface area contributed by atoms with E-state index < -0.39 is 0 Å². The molecule has 5 nitrogen and oxygen atoms in total. The second kappa shape index (κ2) is 12.6. The van der Waals surface area contributed by atoms with Crippen molar-refractivity contribution in [3.8, 4) is 5.75 Å². The standard InChI is InChI=1S/C33H26ClN3O2/c34-31-17-9-7-11-26(31)24-39-32-18-10-8-16-30(32)33(38)36-35-23-25-19-21-29(22-20-25)37(27-12-3-1-4-13-27)28-14-5-2-6-15-28/h1-23H,24H2,(H,36,38)/b35-23-. The zero-order chi connectivity index (χ0) is 26.9. The molecular formula is C33H26ClN3O2. The van der Waals surface area contributed by atoms with Gasteiger partial charge in [0.05, 0.1) is 11.8 Å². The fraction of sp³-hybridized carbons (Fsp3) is 0.0303. The van der Waals surface area contributed by atoms with Gasteiger partial charge in [-0.15, -0.1) is 0 Å². The number of para-hydroxylation sites is 3. The van der Waals surface area contributed by atoms with Crippen molar-refractivity contribution in [1.82, 2.24) is 5.43 Å². The fourth-order valence-electron chi connectivity index (χ4n) is 4.09. The summed E-state index contributed by atoms with van der Waals surface area (Å²) in [6.07, 6.45) is 1.62. The molecule has 0 unspecified atom stereocenters. The van der Waals surface area contributed by atoms with Crippen LogP contribution in [0.15, 0.2) is 139 Å². The van der Waals surface area contributed by atoms with E-state index in [-0.39, 0.29) is 12.5 Å².